The first-order valence-electron chi connectivity index (χ1n) is 8.94. The molecule has 0 radical (unpaired) electrons. The number of ether oxygens (including phenoxy) is 2. The summed E-state index contributed by atoms with van der Waals surface area (Å²) in [5.74, 6) is -1.95. The molecule has 1 aromatic rings. The van der Waals surface area contributed by atoms with Crippen molar-refractivity contribution >= 4 is 29.4 Å². The fraction of sp³-hybridized carbons (Fsp3) is 0.474. The third-order valence-corrected chi connectivity index (χ3v) is 4.94. The smallest absolute Gasteiger partial charge is 0.326 e. The molecule has 0 spiro atoms. The monoisotopic (exact) mass is 374 g/mol. The number of fused-ring (bicyclic) bond motifs is 1. The van der Waals surface area contributed by atoms with Crippen LogP contribution in [0.4, 0.5) is 5.69 Å². The number of anilines is 1. The molecule has 2 atom stereocenters. The maximum atomic E-state index is 12.3. The summed E-state index contributed by atoms with van der Waals surface area (Å²) in [6.45, 7) is -0.948. The van der Waals surface area contributed by atoms with Crippen molar-refractivity contribution in [1.29, 1.82) is 0 Å². The number of imide groups is 1. The molecule has 1 saturated carbocycles. The molecule has 1 aliphatic carbocycles. The molecule has 144 valence electrons. The molecule has 2 fully saturated rings. The fourth-order valence-electron chi connectivity index (χ4n) is 3.61. The molecular formula is C19H22N2O6. The van der Waals surface area contributed by atoms with Crippen molar-refractivity contribution in [3.63, 3.8) is 0 Å². The summed E-state index contributed by atoms with van der Waals surface area (Å²) < 4.78 is 9.98. The molecule has 8 nitrogen and oxygen atoms in total. The molecule has 1 N–H and O–H groups in total. The van der Waals surface area contributed by atoms with E-state index in [9.17, 15) is 19.2 Å². The van der Waals surface area contributed by atoms with Crippen LogP contribution in [0.2, 0.25) is 0 Å². The van der Waals surface area contributed by atoms with E-state index < -0.39 is 25.0 Å². The largest absolute Gasteiger partial charge is 0.497 e. The van der Waals surface area contributed by atoms with E-state index in [2.05, 4.69) is 5.32 Å². The van der Waals surface area contributed by atoms with Crippen LogP contribution in [-0.4, -0.2) is 48.9 Å². The molecule has 3 rings (SSSR count). The summed E-state index contributed by atoms with van der Waals surface area (Å²) in [5.41, 5.74) is 0.504. The average Bonchev–Trinajstić information content (AvgIpc) is 2.92. The van der Waals surface area contributed by atoms with E-state index in [1.807, 2.05) is 0 Å². The normalized spacial score (nSPS) is 21.6. The first kappa shape index (κ1) is 18.9. The summed E-state index contributed by atoms with van der Waals surface area (Å²) in [7, 11) is 1.51. The number of amides is 3. The van der Waals surface area contributed by atoms with Crippen LogP contribution in [0.5, 0.6) is 5.75 Å². The Bertz CT molecular complexity index is 738. The molecule has 1 saturated heterocycles. The molecule has 3 amide bonds. The van der Waals surface area contributed by atoms with Crippen molar-refractivity contribution in [2.45, 2.75) is 25.7 Å². The van der Waals surface area contributed by atoms with Crippen LogP contribution in [0.1, 0.15) is 25.7 Å². The second-order valence-electron chi connectivity index (χ2n) is 6.70. The fourth-order valence-corrected chi connectivity index (χ4v) is 3.61. The summed E-state index contributed by atoms with van der Waals surface area (Å²) in [6.07, 6.45) is 3.21. The lowest BCUT2D eigenvalue weighted by atomic mass is 9.81. The Balaban J connectivity index is 1.48. The molecule has 1 heterocycles. The van der Waals surface area contributed by atoms with Gasteiger partial charge in [-0.1, -0.05) is 18.9 Å². The van der Waals surface area contributed by atoms with Crippen molar-refractivity contribution in [2.24, 2.45) is 11.8 Å². The van der Waals surface area contributed by atoms with E-state index in [4.69, 9.17) is 9.47 Å². The quantitative estimate of drug-likeness (QED) is 0.596. The van der Waals surface area contributed by atoms with Gasteiger partial charge in [-0.05, 0) is 25.0 Å². The predicted molar refractivity (Wildman–Crippen MR) is 94.8 cm³/mol. The second kappa shape index (κ2) is 8.20. The molecule has 2 unspecified atom stereocenters. The number of rotatable bonds is 6. The topological polar surface area (TPSA) is 102 Å². The van der Waals surface area contributed by atoms with Crippen molar-refractivity contribution in [3.05, 3.63) is 24.3 Å². The van der Waals surface area contributed by atoms with Crippen molar-refractivity contribution in [1.82, 2.24) is 4.90 Å². The number of methoxy groups -OCH3 is 1. The molecule has 1 aromatic carbocycles. The Labute approximate surface area is 156 Å². The highest BCUT2D eigenvalue weighted by Gasteiger charge is 2.48. The molecule has 0 bridgehead atoms. The molecule has 1 aliphatic heterocycles. The molecule has 8 heteroatoms. The molecular weight excluding hydrogens is 352 g/mol. The van der Waals surface area contributed by atoms with E-state index >= 15 is 0 Å². The molecule has 2 aliphatic rings. The number of esters is 1. The maximum absolute atomic E-state index is 12.3. The zero-order chi connectivity index (χ0) is 19.4. The summed E-state index contributed by atoms with van der Waals surface area (Å²) in [6, 6.07) is 6.75. The van der Waals surface area contributed by atoms with Gasteiger partial charge in [0, 0.05) is 11.8 Å². The Hall–Kier alpha value is -2.90. The van der Waals surface area contributed by atoms with Crippen LogP contribution < -0.4 is 10.1 Å². The predicted octanol–water partition coefficient (Wildman–Crippen LogP) is 1.35. The lowest BCUT2D eigenvalue weighted by Gasteiger charge is -2.19. The van der Waals surface area contributed by atoms with Crippen molar-refractivity contribution < 1.29 is 28.7 Å². The third kappa shape index (κ3) is 4.27. The Morgan fingerprint density at radius 2 is 1.81 bits per heavy atom. The van der Waals surface area contributed by atoms with E-state index in [-0.39, 0.29) is 23.7 Å². The number of nitrogens with one attached hydrogen (secondary N) is 1. The zero-order valence-corrected chi connectivity index (χ0v) is 15.1. The second-order valence-corrected chi connectivity index (χ2v) is 6.70. The minimum absolute atomic E-state index is 0.303. The van der Waals surface area contributed by atoms with Gasteiger partial charge in [0.15, 0.2) is 6.61 Å². The van der Waals surface area contributed by atoms with Gasteiger partial charge >= 0.3 is 5.97 Å². The number of hydrogen-bond donors (Lipinski definition) is 1. The van der Waals surface area contributed by atoms with Gasteiger partial charge in [0.05, 0.1) is 18.9 Å². The van der Waals surface area contributed by atoms with Crippen molar-refractivity contribution in [2.75, 3.05) is 25.6 Å². The van der Waals surface area contributed by atoms with Gasteiger partial charge < -0.3 is 14.8 Å². The Kier molecular flexibility index (Phi) is 5.73. The highest BCUT2D eigenvalue weighted by Crippen LogP contribution is 2.37. The standard InChI is InChI=1S/C19H22N2O6/c1-26-13-6-4-5-12(9-13)20-16(22)11-27-17(23)10-21-18(24)14-7-2-3-8-15(14)19(21)25/h4-6,9,14-15H,2-3,7-8,10-11H2,1H3,(H,20,22). The Morgan fingerprint density at radius 1 is 1.15 bits per heavy atom. The minimum Gasteiger partial charge on any atom is -0.497 e. The number of hydrogen-bond acceptors (Lipinski definition) is 6. The summed E-state index contributed by atoms with van der Waals surface area (Å²) in [4.78, 5) is 49.5. The number of benzene rings is 1. The molecule has 0 aromatic heterocycles. The van der Waals surface area contributed by atoms with Crippen LogP contribution >= 0.6 is 0 Å². The van der Waals surface area contributed by atoms with Gasteiger partial charge in [0.25, 0.3) is 5.91 Å². The Morgan fingerprint density at radius 3 is 2.44 bits per heavy atom. The first-order chi connectivity index (χ1) is 13.0. The number of carbonyl (C=O) groups excluding carboxylic acids is 4. The average molecular weight is 374 g/mol. The lowest BCUT2D eigenvalue weighted by molar-refractivity contribution is -0.154. The third-order valence-electron chi connectivity index (χ3n) is 4.94. The van der Waals surface area contributed by atoms with Gasteiger partial charge in [0.2, 0.25) is 11.8 Å². The van der Waals surface area contributed by atoms with E-state index in [0.29, 0.717) is 24.3 Å². The van der Waals surface area contributed by atoms with E-state index in [1.54, 1.807) is 24.3 Å². The summed E-state index contributed by atoms with van der Waals surface area (Å²) >= 11 is 0. The van der Waals surface area contributed by atoms with E-state index in [0.717, 1.165) is 17.7 Å². The SMILES string of the molecule is COc1cccc(NC(=O)COC(=O)CN2C(=O)C3CCCCC3C2=O)c1. The van der Waals surface area contributed by atoms with Crippen LogP contribution in [-0.2, 0) is 23.9 Å². The van der Waals surface area contributed by atoms with Gasteiger partial charge in [-0.3, -0.25) is 24.1 Å². The maximum Gasteiger partial charge on any atom is 0.326 e. The number of carbonyl (C=O) groups is 4. The molecule has 27 heavy (non-hydrogen) atoms. The first-order valence-corrected chi connectivity index (χ1v) is 8.94. The zero-order valence-electron chi connectivity index (χ0n) is 15.1. The van der Waals surface area contributed by atoms with Crippen LogP contribution in [0.3, 0.4) is 0 Å². The summed E-state index contributed by atoms with van der Waals surface area (Å²) in [5, 5.41) is 2.58. The lowest BCUT2D eigenvalue weighted by Crippen LogP contribution is -2.37. The van der Waals surface area contributed by atoms with Gasteiger partial charge in [-0.15, -0.1) is 0 Å². The van der Waals surface area contributed by atoms with E-state index in [1.165, 1.54) is 7.11 Å². The highest BCUT2D eigenvalue weighted by atomic mass is 16.5. The van der Waals surface area contributed by atoms with Gasteiger partial charge in [-0.2, -0.15) is 0 Å². The van der Waals surface area contributed by atoms with Gasteiger partial charge in [0.1, 0.15) is 12.3 Å². The van der Waals surface area contributed by atoms with Gasteiger partial charge in [-0.25, -0.2) is 0 Å². The van der Waals surface area contributed by atoms with Crippen LogP contribution in [0, 0.1) is 11.8 Å². The highest BCUT2D eigenvalue weighted by molar-refractivity contribution is 6.07. The van der Waals surface area contributed by atoms with Crippen molar-refractivity contribution in [3.8, 4) is 5.75 Å². The number of likely N-dealkylation sites (tertiary alicyclic amines) is 1. The number of nitrogens with zero attached hydrogens (tertiary/aromatic N) is 1. The minimum atomic E-state index is -0.781. The van der Waals surface area contributed by atoms with Crippen LogP contribution in [0.25, 0.3) is 0 Å². The van der Waals surface area contributed by atoms with Crippen LogP contribution in [0.15, 0.2) is 24.3 Å².